The third-order valence-corrected chi connectivity index (χ3v) is 3.50. The minimum Gasteiger partial charge on any atom is -0.490 e. The van der Waals surface area contributed by atoms with Crippen LogP contribution in [-0.4, -0.2) is 38.2 Å². The number of esters is 1. The standard InChI is InChI=1S/C18H20N2O5/c1-13-4-7-15(8-5-13)24-10-11-25-18(21)16-12-14(20(22)23)6-9-17(16)19(2)3/h4-9,12H,10-11H2,1-3H3. The Bertz CT molecular complexity index is 757. The number of nitro benzene ring substituents is 1. The number of carbonyl (C=O) groups excluding carboxylic acids is 1. The average Bonchev–Trinajstić information content (AvgIpc) is 2.59. The molecule has 2 aromatic rings. The Morgan fingerprint density at radius 1 is 1.12 bits per heavy atom. The highest BCUT2D eigenvalue weighted by molar-refractivity contribution is 5.96. The Labute approximate surface area is 145 Å². The first-order chi connectivity index (χ1) is 11.9. The van der Waals surface area contributed by atoms with E-state index in [1.807, 2.05) is 31.2 Å². The molecule has 0 aromatic heterocycles. The number of ether oxygens (including phenoxy) is 2. The zero-order valence-corrected chi connectivity index (χ0v) is 14.4. The van der Waals surface area contributed by atoms with Crippen LogP contribution < -0.4 is 9.64 Å². The third kappa shape index (κ3) is 4.94. The van der Waals surface area contributed by atoms with Crippen molar-refractivity contribution in [2.75, 3.05) is 32.2 Å². The molecule has 0 radical (unpaired) electrons. The molecule has 2 rings (SSSR count). The van der Waals surface area contributed by atoms with Crippen LogP contribution in [0.4, 0.5) is 11.4 Å². The van der Waals surface area contributed by atoms with Gasteiger partial charge in [0.25, 0.3) is 5.69 Å². The molecule has 0 aliphatic carbocycles. The van der Waals surface area contributed by atoms with Crippen molar-refractivity contribution in [3.05, 3.63) is 63.7 Å². The zero-order valence-electron chi connectivity index (χ0n) is 14.4. The lowest BCUT2D eigenvalue weighted by molar-refractivity contribution is -0.384. The zero-order chi connectivity index (χ0) is 18.4. The molecule has 0 aliphatic heterocycles. The number of non-ortho nitro benzene ring substituents is 1. The van der Waals surface area contributed by atoms with Gasteiger partial charge in [-0.1, -0.05) is 17.7 Å². The summed E-state index contributed by atoms with van der Waals surface area (Å²) in [6.45, 7) is 2.22. The summed E-state index contributed by atoms with van der Waals surface area (Å²) in [5.74, 6) is 0.0610. The molecule has 132 valence electrons. The summed E-state index contributed by atoms with van der Waals surface area (Å²) < 4.78 is 10.7. The van der Waals surface area contributed by atoms with Crippen LogP contribution in [0.2, 0.25) is 0 Å². The van der Waals surface area contributed by atoms with Gasteiger partial charge in [0.15, 0.2) is 0 Å². The minimum absolute atomic E-state index is 0.0439. The molecular formula is C18H20N2O5. The molecule has 7 heteroatoms. The average molecular weight is 344 g/mol. The first-order valence-electron chi connectivity index (χ1n) is 7.71. The maximum absolute atomic E-state index is 12.3. The second-order valence-electron chi connectivity index (χ2n) is 5.65. The normalized spacial score (nSPS) is 10.2. The van der Waals surface area contributed by atoms with Gasteiger partial charge in [0, 0.05) is 26.2 Å². The summed E-state index contributed by atoms with van der Waals surface area (Å²) in [6.07, 6.45) is 0. The molecule has 0 heterocycles. The van der Waals surface area contributed by atoms with Gasteiger partial charge >= 0.3 is 5.97 Å². The van der Waals surface area contributed by atoms with Crippen LogP contribution in [0.25, 0.3) is 0 Å². The molecule has 2 aromatic carbocycles. The van der Waals surface area contributed by atoms with E-state index >= 15 is 0 Å². The second-order valence-corrected chi connectivity index (χ2v) is 5.65. The summed E-state index contributed by atoms with van der Waals surface area (Å²) >= 11 is 0. The van der Waals surface area contributed by atoms with Crippen molar-refractivity contribution in [2.45, 2.75) is 6.92 Å². The quantitative estimate of drug-likeness (QED) is 0.332. The number of rotatable bonds is 7. The topological polar surface area (TPSA) is 81.9 Å². The lowest BCUT2D eigenvalue weighted by Crippen LogP contribution is -2.17. The fourth-order valence-corrected chi connectivity index (χ4v) is 2.20. The van der Waals surface area contributed by atoms with Crippen molar-refractivity contribution in [1.82, 2.24) is 0 Å². The van der Waals surface area contributed by atoms with Crippen LogP contribution >= 0.6 is 0 Å². The molecule has 0 bridgehead atoms. The predicted molar refractivity (Wildman–Crippen MR) is 94.4 cm³/mol. The minimum atomic E-state index is -0.625. The number of nitrogens with zero attached hydrogens (tertiary/aromatic N) is 2. The maximum atomic E-state index is 12.3. The fourth-order valence-electron chi connectivity index (χ4n) is 2.20. The summed E-state index contributed by atoms with van der Waals surface area (Å²) in [5.41, 5.74) is 1.67. The van der Waals surface area contributed by atoms with E-state index in [4.69, 9.17) is 9.47 Å². The van der Waals surface area contributed by atoms with Gasteiger partial charge < -0.3 is 14.4 Å². The van der Waals surface area contributed by atoms with E-state index in [1.54, 1.807) is 19.0 Å². The molecule has 0 amide bonds. The van der Waals surface area contributed by atoms with Gasteiger partial charge in [-0.05, 0) is 25.1 Å². The Kier molecular flexibility index (Phi) is 5.94. The number of anilines is 1. The molecule has 7 nitrogen and oxygen atoms in total. The number of hydrogen-bond donors (Lipinski definition) is 0. The Balaban J connectivity index is 1.98. The maximum Gasteiger partial charge on any atom is 0.340 e. The van der Waals surface area contributed by atoms with Crippen LogP contribution in [0.5, 0.6) is 5.75 Å². The van der Waals surface area contributed by atoms with Crippen LogP contribution in [0.1, 0.15) is 15.9 Å². The predicted octanol–water partition coefficient (Wildman–Crippen LogP) is 3.21. The van der Waals surface area contributed by atoms with Gasteiger partial charge in [0.1, 0.15) is 19.0 Å². The number of hydrogen-bond acceptors (Lipinski definition) is 6. The number of benzene rings is 2. The van der Waals surface area contributed by atoms with Crippen LogP contribution in [0.15, 0.2) is 42.5 Å². The SMILES string of the molecule is Cc1ccc(OCCOC(=O)c2cc([N+](=O)[O-])ccc2N(C)C)cc1. The summed E-state index contributed by atoms with van der Waals surface area (Å²) in [6, 6.07) is 11.6. The number of carbonyl (C=O) groups is 1. The van der Waals surface area contributed by atoms with Gasteiger partial charge in [-0.3, -0.25) is 10.1 Å². The summed E-state index contributed by atoms with van der Waals surface area (Å²) in [4.78, 5) is 24.3. The first kappa shape index (κ1) is 18.3. The van der Waals surface area contributed by atoms with Gasteiger partial charge in [-0.25, -0.2) is 4.79 Å². The molecule has 0 spiro atoms. The van der Waals surface area contributed by atoms with E-state index in [2.05, 4.69) is 0 Å². The van der Waals surface area contributed by atoms with E-state index in [1.165, 1.54) is 18.2 Å². The van der Waals surface area contributed by atoms with E-state index in [0.29, 0.717) is 11.4 Å². The second kappa shape index (κ2) is 8.14. The van der Waals surface area contributed by atoms with Crippen LogP contribution in [0, 0.1) is 17.0 Å². The summed E-state index contributed by atoms with van der Waals surface area (Å²) in [5, 5.41) is 10.9. The van der Waals surface area contributed by atoms with Gasteiger partial charge in [-0.15, -0.1) is 0 Å². The number of aryl methyl sites for hydroxylation is 1. The van der Waals surface area contributed by atoms with Crippen LogP contribution in [0.3, 0.4) is 0 Å². The molecule has 0 unspecified atom stereocenters. The van der Waals surface area contributed by atoms with E-state index in [9.17, 15) is 14.9 Å². The van der Waals surface area contributed by atoms with Crippen molar-refractivity contribution in [2.24, 2.45) is 0 Å². The Hall–Kier alpha value is -3.09. The highest BCUT2D eigenvalue weighted by Crippen LogP contribution is 2.25. The largest absolute Gasteiger partial charge is 0.490 e. The highest BCUT2D eigenvalue weighted by atomic mass is 16.6. The van der Waals surface area contributed by atoms with Crippen LogP contribution in [-0.2, 0) is 4.74 Å². The first-order valence-corrected chi connectivity index (χ1v) is 7.71. The van der Waals surface area contributed by atoms with Crippen molar-refractivity contribution in [3.63, 3.8) is 0 Å². The smallest absolute Gasteiger partial charge is 0.340 e. The fraction of sp³-hybridized carbons (Fsp3) is 0.278. The van der Waals surface area contributed by atoms with Crippen molar-refractivity contribution < 1.29 is 19.2 Å². The van der Waals surface area contributed by atoms with Crippen molar-refractivity contribution in [1.29, 1.82) is 0 Å². The monoisotopic (exact) mass is 344 g/mol. The summed E-state index contributed by atoms with van der Waals surface area (Å²) in [7, 11) is 3.50. The van der Waals surface area contributed by atoms with Gasteiger partial charge in [0.2, 0.25) is 0 Å². The van der Waals surface area contributed by atoms with E-state index in [0.717, 1.165) is 5.56 Å². The molecule has 0 fully saturated rings. The van der Waals surface area contributed by atoms with E-state index < -0.39 is 10.9 Å². The van der Waals surface area contributed by atoms with E-state index in [-0.39, 0.29) is 24.5 Å². The molecular weight excluding hydrogens is 324 g/mol. The Morgan fingerprint density at radius 2 is 1.80 bits per heavy atom. The molecule has 0 N–H and O–H groups in total. The molecule has 25 heavy (non-hydrogen) atoms. The lowest BCUT2D eigenvalue weighted by atomic mass is 10.1. The van der Waals surface area contributed by atoms with Gasteiger partial charge in [-0.2, -0.15) is 0 Å². The van der Waals surface area contributed by atoms with Crippen molar-refractivity contribution >= 4 is 17.3 Å². The molecule has 0 atom stereocenters. The lowest BCUT2D eigenvalue weighted by Gasteiger charge is -2.16. The molecule has 0 saturated heterocycles. The molecule has 0 aliphatic rings. The Morgan fingerprint density at radius 3 is 2.40 bits per heavy atom. The molecule has 0 saturated carbocycles. The third-order valence-electron chi connectivity index (χ3n) is 3.50. The van der Waals surface area contributed by atoms with Gasteiger partial charge in [0.05, 0.1) is 16.2 Å². The highest BCUT2D eigenvalue weighted by Gasteiger charge is 2.19. The van der Waals surface area contributed by atoms with Crippen molar-refractivity contribution in [3.8, 4) is 5.75 Å². The number of nitro groups is 1.